The number of piperidine rings is 1. The highest BCUT2D eigenvalue weighted by Crippen LogP contribution is 2.22. The molecule has 3 aromatic rings. The highest BCUT2D eigenvalue weighted by molar-refractivity contribution is 5.93. The van der Waals surface area contributed by atoms with Gasteiger partial charge in [-0.15, -0.1) is 0 Å². The third-order valence-electron chi connectivity index (χ3n) is 5.36. The summed E-state index contributed by atoms with van der Waals surface area (Å²) in [5, 5.41) is 4.07. The number of nitrogens with one attached hydrogen (secondary N) is 2. The summed E-state index contributed by atoms with van der Waals surface area (Å²) in [4.78, 5) is 34.4. The van der Waals surface area contributed by atoms with Gasteiger partial charge in [0, 0.05) is 42.8 Å². The van der Waals surface area contributed by atoms with E-state index in [0.717, 1.165) is 30.5 Å². The second kappa shape index (κ2) is 8.25. The molecule has 2 amide bonds. The van der Waals surface area contributed by atoms with E-state index in [1.165, 1.54) is 5.39 Å². The second-order valence-corrected chi connectivity index (χ2v) is 7.27. The molecule has 0 aliphatic carbocycles. The van der Waals surface area contributed by atoms with Crippen LogP contribution in [0.2, 0.25) is 0 Å². The standard InChI is InChI=1S/C22H24N4O2/c27-21(10-9-16-13-24-20-8-2-1-7-19(16)20)26-12-4-5-17(15-26)22(28)25-18-6-3-11-23-14-18/h1-3,6-8,11,13-14,17,24H,4-5,9-10,12,15H2,(H,25,28). The van der Waals surface area contributed by atoms with Gasteiger partial charge in [0.15, 0.2) is 0 Å². The third-order valence-corrected chi connectivity index (χ3v) is 5.36. The Morgan fingerprint density at radius 1 is 1.21 bits per heavy atom. The molecule has 2 N–H and O–H groups in total. The highest BCUT2D eigenvalue weighted by atomic mass is 16.2. The molecule has 3 heterocycles. The number of rotatable bonds is 5. The van der Waals surface area contributed by atoms with Crippen LogP contribution in [0.5, 0.6) is 0 Å². The summed E-state index contributed by atoms with van der Waals surface area (Å²) in [7, 11) is 0. The molecule has 1 atom stereocenters. The quantitative estimate of drug-likeness (QED) is 0.717. The molecule has 0 bridgehead atoms. The summed E-state index contributed by atoms with van der Waals surface area (Å²) < 4.78 is 0. The Kier molecular flexibility index (Phi) is 5.37. The molecule has 1 aliphatic rings. The first-order chi connectivity index (χ1) is 13.7. The average molecular weight is 376 g/mol. The maximum absolute atomic E-state index is 12.7. The number of aryl methyl sites for hydroxylation is 1. The topological polar surface area (TPSA) is 78.1 Å². The molecular weight excluding hydrogens is 352 g/mol. The van der Waals surface area contributed by atoms with Crippen LogP contribution in [-0.4, -0.2) is 39.8 Å². The van der Waals surface area contributed by atoms with Gasteiger partial charge in [-0.1, -0.05) is 18.2 Å². The first kappa shape index (κ1) is 18.2. The Balaban J connectivity index is 1.33. The predicted octanol–water partition coefficient (Wildman–Crippen LogP) is 3.37. The molecule has 0 saturated carbocycles. The number of fused-ring (bicyclic) bond motifs is 1. The number of pyridine rings is 1. The Morgan fingerprint density at radius 2 is 2.11 bits per heavy atom. The van der Waals surface area contributed by atoms with Gasteiger partial charge in [-0.2, -0.15) is 0 Å². The zero-order valence-electron chi connectivity index (χ0n) is 15.7. The molecule has 1 saturated heterocycles. The lowest BCUT2D eigenvalue weighted by Crippen LogP contribution is -2.43. The van der Waals surface area contributed by atoms with E-state index in [1.54, 1.807) is 18.5 Å². The van der Waals surface area contributed by atoms with Crippen LogP contribution in [0, 0.1) is 5.92 Å². The highest BCUT2D eigenvalue weighted by Gasteiger charge is 2.28. The van der Waals surface area contributed by atoms with E-state index in [4.69, 9.17) is 0 Å². The van der Waals surface area contributed by atoms with Crippen molar-refractivity contribution in [3.8, 4) is 0 Å². The number of carbonyl (C=O) groups is 2. The summed E-state index contributed by atoms with van der Waals surface area (Å²) in [6.45, 7) is 1.21. The van der Waals surface area contributed by atoms with Crippen molar-refractivity contribution in [3.05, 3.63) is 60.6 Å². The number of nitrogens with zero attached hydrogens (tertiary/aromatic N) is 2. The van der Waals surface area contributed by atoms with Crippen molar-refractivity contribution in [1.29, 1.82) is 0 Å². The fourth-order valence-corrected chi connectivity index (χ4v) is 3.84. The van der Waals surface area contributed by atoms with Gasteiger partial charge >= 0.3 is 0 Å². The van der Waals surface area contributed by atoms with Gasteiger partial charge in [0.1, 0.15) is 0 Å². The van der Waals surface area contributed by atoms with Crippen LogP contribution in [0.3, 0.4) is 0 Å². The zero-order valence-corrected chi connectivity index (χ0v) is 15.7. The van der Waals surface area contributed by atoms with Crippen LogP contribution in [0.1, 0.15) is 24.8 Å². The first-order valence-electron chi connectivity index (χ1n) is 9.74. The lowest BCUT2D eigenvalue weighted by atomic mass is 9.96. The van der Waals surface area contributed by atoms with E-state index < -0.39 is 0 Å². The maximum atomic E-state index is 12.7. The maximum Gasteiger partial charge on any atom is 0.229 e. The van der Waals surface area contributed by atoms with Gasteiger partial charge in [-0.3, -0.25) is 14.6 Å². The number of anilines is 1. The van der Waals surface area contributed by atoms with Crippen molar-refractivity contribution < 1.29 is 9.59 Å². The fourth-order valence-electron chi connectivity index (χ4n) is 3.84. The smallest absolute Gasteiger partial charge is 0.229 e. The Hall–Kier alpha value is -3.15. The van der Waals surface area contributed by atoms with Crippen molar-refractivity contribution in [3.63, 3.8) is 0 Å². The van der Waals surface area contributed by atoms with E-state index in [-0.39, 0.29) is 17.7 Å². The molecule has 1 unspecified atom stereocenters. The molecule has 1 aliphatic heterocycles. The first-order valence-corrected chi connectivity index (χ1v) is 9.74. The summed E-state index contributed by atoms with van der Waals surface area (Å²) >= 11 is 0. The summed E-state index contributed by atoms with van der Waals surface area (Å²) in [5.41, 5.74) is 2.94. The number of benzene rings is 1. The Bertz CT molecular complexity index is 967. The van der Waals surface area contributed by atoms with E-state index in [0.29, 0.717) is 25.1 Å². The molecule has 0 radical (unpaired) electrons. The molecule has 28 heavy (non-hydrogen) atoms. The average Bonchev–Trinajstić information content (AvgIpc) is 3.16. The lowest BCUT2D eigenvalue weighted by molar-refractivity contribution is -0.134. The van der Waals surface area contributed by atoms with Gasteiger partial charge in [0.25, 0.3) is 0 Å². The van der Waals surface area contributed by atoms with Crippen LogP contribution in [0.15, 0.2) is 55.0 Å². The SMILES string of the molecule is O=C(Nc1cccnc1)C1CCCN(C(=O)CCc2c[nH]c3ccccc23)C1. The van der Waals surface area contributed by atoms with E-state index in [9.17, 15) is 9.59 Å². The molecule has 1 fully saturated rings. The number of para-hydroxylation sites is 1. The third kappa shape index (κ3) is 4.06. The minimum Gasteiger partial charge on any atom is -0.361 e. The minimum absolute atomic E-state index is 0.0397. The molecule has 2 aromatic heterocycles. The van der Waals surface area contributed by atoms with Gasteiger partial charge in [-0.05, 0) is 43.0 Å². The lowest BCUT2D eigenvalue weighted by Gasteiger charge is -2.32. The summed E-state index contributed by atoms with van der Waals surface area (Å²) in [6, 6.07) is 11.7. The van der Waals surface area contributed by atoms with Gasteiger partial charge in [0.2, 0.25) is 11.8 Å². The van der Waals surface area contributed by atoms with Crippen LogP contribution in [0.25, 0.3) is 10.9 Å². The minimum atomic E-state index is -0.175. The number of hydrogen-bond acceptors (Lipinski definition) is 3. The van der Waals surface area contributed by atoms with Gasteiger partial charge < -0.3 is 15.2 Å². The number of H-pyrrole nitrogens is 1. The van der Waals surface area contributed by atoms with Gasteiger partial charge in [-0.25, -0.2) is 0 Å². The summed E-state index contributed by atoms with van der Waals surface area (Å²) in [5.74, 6) is -0.0997. The molecule has 6 heteroatoms. The van der Waals surface area contributed by atoms with Crippen LogP contribution < -0.4 is 5.32 Å². The largest absolute Gasteiger partial charge is 0.361 e. The summed E-state index contributed by atoms with van der Waals surface area (Å²) in [6.07, 6.45) is 8.10. The number of carbonyl (C=O) groups excluding carboxylic acids is 2. The Morgan fingerprint density at radius 3 is 2.96 bits per heavy atom. The second-order valence-electron chi connectivity index (χ2n) is 7.27. The normalized spacial score (nSPS) is 16.9. The molecule has 1 aromatic carbocycles. The van der Waals surface area contributed by atoms with Crippen molar-refractivity contribution in [2.24, 2.45) is 5.92 Å². The monoisotopic (exact) mass is 376 g/mol. The number of amides is 2. The number of likely N-dealkylation sites (tertiary alicyclic amines) is 1. The van der Waals surface area contributed by atoms with Crippen molar-refractivity contribution in [1.82, 2.24) is 14.9 Å². The fraction of sp³-hybridized carbons (Fsp3) is 0.318. The van der Waals surface area contributed by atoms with Crippen LogP contribution >= 0.6 is 0 Å². The van der Waals surface area contributed by atoms with E-state index >= 15 is 0 Å². The number of hydrogen-bond donors (Lipinski definition) is 2. The van der Waals surface area contributed by atoms with Crippen molar-refractivity contribution in [2.45, 2.75) is 25.7 Å². The van der Waals surface area contributed by atoms with Crippen molar-refractivity contribution in [2.75, 3.05) is 18.4 Å². The molecule has 0 spiro atoms. The van der Waals surface area contributed by atoms with Crippen LogP contribution in [0.4, 0.5) is 5.69 Å². The molecule has 4 rings (SSSR count). The van der Waals surface area contributed by atoms with Crippen LogP contribution in [-0.2, 0) is 16.0 Å². The van der Waals surface area contributed by atoms with E-state index in [2.05, 4.69) is 21.4 Å². The molecule has 144 valence electrons. The molecule has 6 nitrogen and oxygen atoms in total. The molecular formula is C22H24N4O2. The zero-order chi connectivity index (χ0) is 19.3. The Labute approximate surface area is 164 Å². The predicted molar refractivity (Wildman–Crippen MR) is 109 cm³/mol. The van der Waals surface area contributed by atoms with Crippen molar-refractivity contribution >= 4 is 28.4 Å². The number of aromatic amines is 1. The van der Waals surface area contributed by atoms with E-state index in [1.807, 2.05) is 35.4 Å². The number of aromatic nitrogens is 2. The van der Waals surface area contributed by atoms with Gasteiger partial charge in [0.05, 0.1) is 17.8 Å².